The second-order valence-electron chi connectivity index (χ2n) is 3.34. The van der Waals surface area contributed by atoms with Crippen LogP contribution in [-0.2, 0) is 0 Å². The Labute approximate surface area is 113 Å². The van der Waals surface area contributed by atoms with Crippen LogP contribution in [0.1, 0.15) is 10.4 Å². The van der Waals surface area contributed by atoms with Crippen LogP contribution in [0.2, 0.25) is 10.0 Å². The van der Waals surface area contributed by atoms with Gasteiger partial charge in [0, 0.05) is 17.3 Å². The number of hydrogen-bond donors (Lipinski definition) is 1. The minimum Gasteiger partial charge on any atom is -0.478 e. The molecule has 1 N–H and O–H groups in total. The second-order valence-corrected chi connectivity index (χ2v) is 4.18. The first-order valence-corrected chi connectivity index (χ1v) is 5.65. The number of nitrogens with zero attached hydrogens (tertiary/aromatic N) is 1. The van der Waals surface area contributed by atoms with Gasteiger partial charge in [0.05, 0.1) is 0 Å². The van der Waals surface area contributed by atoms with E-state index in [2.05, 4.69) is 4.98 Å². The fourth-order valence-corrected chi connectivity index (χ4v) is 1.63. The van der Waals surface area contributed by atoms with Gasteiger partial charge in [0.2, 0.25) is 5.88 Å². The summed E-state index contributed by atoms with van der Waals surface area (Å²) in [6.07, 6.45) is 1.49. The van der Waals surface area contributed by atoms with Gasteiger partial charge in [-0.25, -0.2) is 9.78 Å². The van der Waals surface area contributed by atoms with Gasteiger partial charge in [0.15, 0.2) is 0 Å². The third kappa shape index (κ3) is 2.72. The lowest BCUT2D eigenvalue weighted by atomic mass is 10.2. The monoisotopic (exact) mass is 283 g/mol. The quantitative estimate of drug-likeness (QED) is 0.929. The zero-order valence-corrected chi connectivity index (χ0v) is 10.4. The van der Waals surface area contributed by atoms with Crippen molar-refractivity contribution in [3.05, 3.63) is 52.1 Å². The van der Waals surface area contributed by atoms with E-state index >= 15 is 0 Å². The number of carboxylic acid groups (broad SMARTS) is 1. The molecule has 4 nitrogen and oxygen atoms in total. The summed E-state index contributed by atoms with van der Waals surface area (Å²) in [6, 6.07) is 7.46. The number of pyridine rings is 1. The topological polar surface area (TPSA) is 59.4 Å². The molecule has 0 amide bonds. The molecule has 0 saturated carbocycles. The van der Waals surface area contributed by atoms with Crippen molar-refractivity contribution in [3.63, 3.8) is 0 Å². The Morgan fingerprint density at radius 2 is 2.06 bits per heavy atom. The predicted molar refractivity (Wildman–Crippen MR) is 67.7 cm³/mol. The summed E-state index contributed by atoms with van der Waals surface area (Å²) in [5, 5.41) is 9.68. The summed E-state index contributed by atoms with van der Waals surface area (Å²) in [7, 11) is 0. The maximum Gasteiger partial charge on any atom is 0.339 e. The second kappa shape index (κ2) is 5.25. The molecule has 0 spiro atoms. The van der Waals surface area contributed by atoms with E-state index in [-0.39, 0.29) is 22.2 Å². The third-order valence-electron chi connectivity index (χ3n) is 2.11. The first-order valence-electron chi connectivity index (χ1n) is 4.89. The molecule has 0 aliphatic carbocycles. The number of hydrogen-bond acceptors (Lipinski definition) is 3. The average Bonchev–Trinajstić information content (AvgIpc) is 2.32. The van der Waals surface area contributed by atoms with Crippen molar-refractivity contribution in [1.82, 2.24) is 4.98 Å². The maximum atomic E-state index is 11.0. The molecule has 0 radical (unpaired) electrons. The number of carbonyl (C=O) groups is 1. The molecule has 1 heterocycles. The molecule has 2 aromatic rings. The number of aromatic nitrogens is 1. The van der Waals surface area contributed by atoms with Gasteiger partial charge in [0.1, 0.15) is 16.3 Å². The molecule has 2 rings (SSSR count). The normalized spacial score (nSPS) is 10.1. The number of aromatic carboxylic acids is 1. The van der Waals surface area contributed by atoms with Gasteiger partial charge in [-0.3, -0.25) is 0 Å². The summed E-state index contributed by atoms with van der Waals surface area (Å²) in [5.74, 6) is -0.895. The van der Waals surface area contributed by atoms with Crippen LogP contribution >= 0.6 is 23.2 Å². The van der Waals surface area contributed by atoms with E-state index in [1.165, 1.54) is 24.4 Å². The van der Waals surface area contributed by atoms with Crippen LogP contribution < -0.4 is 4.74 Å². The SMILES string of the molecule is O=C(O)c1ccc(Cl)cc1Oc1ncccc1Cl. The molecule has 0 unspecified atom stereocenters. The van der Waals surface area contributed by atoms with E-state index in [1.807, 2.05) is 0 Å². The number of halogens is 2. The van der Waals surface area contributed by atoms with E-state index in [1.54, 1.807) is 12.1 Å². The Morgan fingerprint density at radius 3 is 2.72 bits per heavy atom. The van der Waals surface area contributed by atoms with E-state index in [0.29, 0.717) is 5.02 Å². The number of benzene rings is 1. The largest absolute Gasteiger partial charge is 0.478 e. The molecule has 0 saturated heterocycles. The van der Waals surface area contributed by atoms with Gasteiger partial charge in [0.25, 0.3) is 0 Å². The predicted octanol–water partition coefficient (Wildman–Crippen LogP) is 3.88. The number of rotatable bonds is 3. The third-order valence-corrected chi connectivity index (χ3v) is 2.63. The van der Waals surface area contributed by atoms with Crippen LogP contribution in [0.25, 0.3) is 0 Å². The van der Waals surface area contributed by atoms with Crippen molar-refractivity contribution in [2.45, 2.75) is 0 Å². The van der Waals surface area contributed by atoms with Crippen LogP contribution in [0.15, 0.2) is 36.5 Å². The molecular formula is C12H7Cl2NO3. The van der Waals surface area contributed by atoms with Crippen LogP contribution in [0.3, 0.4) is 0 Å². The molecule has 1 aromatic carbocycles. The first kappa shape index (κ1) is 12.7. The molecule has 1 aromatic heterocycles. The van der Waals surface area contributed by atoms with Crippen molar-refractivity contribution in [1.29, 1.82) is 0 Å². The van der Waals surface area contributed by atoms with E-state index in [9.17, 15) is 4.79 Å². The van der Waals surface area contributed by atoms with Crippen molar-refractivity contribution in [2.75, 3.05) is 0 Å². The molecule has 92 valence electrons. The van der Waals surface area contributed by atoms with Gasteiger partial charge in [-0.2, -0.15) is 0 Å². The molecule has 6 heteroatoms. The molecule has 0 bridgehead atoms. The fourth-order valence-electron chi connectivity index (χ4n) is 1.31. The van der Waals surface area contributed by atoms with Crippen molar-refractivity contribution >= 4 is 29.2 Å². The minimum atomic E-state index is -1.12. The van der Waals surface area contributed by atoms with E-state index in [0.717, 1.165) is 0 Å². The summed E-state index contributed by atoms with van der Waals surface area (Å²) < 4.78 is 5.37. The van der Waals surface area contributed by atoms with Crippen molar-refractivity contribution < 1.29 is 14.6 Å². The highest BCUT2D eigenvalue weighted by Crippen LogP contribution is 2.31. The molecule has 0 aliphatic rings. The minimum absolute atomic E-state index is 0.0129. The van der Waals surface area contributed by atoms with E-state index in [4.69, 9.17) is 33.0 Å². The summed E-state index contributed by atoms with van der Waals surface area (Å²) in [5.41, 5.74) is -0.0129. The number of carboxylic acids is 1. The molecule has 0 fully saturated rings. The fraction of sp³-hybridized carbons (Fsp3) is 0. The Balaban J connectivity index is 2.42. The van der Waals surface area contributed by atoms with Gasteiger partial charge in [-0.05, 0) is 24.3 Å². The Hall–Kier alpha value is -1.78. The van der Waals surface area contributed by atoms with Crippen LogP contribution in [0.5, 0.6) is 11.6 Å². The van der Waals surface area contributed by atoms with Gasteiger partial charge >= 0.3 is 5.97 Å². The van der Waals surface area contributed by atoms with Gasteiger partial charge < -0.3 is 9.84 Å². The van der Waals surface area contributed by atoms with Crippen LogP contribution in [0, 0.1) is 0 Å². The average molecular weight is 284 g/mol. The summed E-state index contributed by atoms with van der Waals surface area (Å²) >= 11 is 11.7. The molecule has 0 atom stereocenters. The van der Waals surface area contributed by atoms with Gasteiger partial charge in [-0.1, -0.05) is 23.2 Å². The van der Waals surface area contributed by atoms with Crippen LogP contribution in [0.4, 0.5) is 0 Å². The molecule has 0 aliphatic heterocycles. The van der Waals surface area contributed by atoms with Crippen LogP contribution in [-0.4, -0.2) is 16.1 Å². The van der Waals surface area contributed by atoms with Gasteiger partial charge in [-0.15, -0.1) is 0 Å². The lowest BCUT2D eigenvalue weighted by molar-refractivity contribution is 0.0694. The molecule has 18 heavy (non-hydrogen) atoms. The standard InChI is InChI=1S/C12H7Cl2NO3/c13-7-3-4-8(12(16)17)10(6-7)18-11-9(14)2-1-5-15-11/h1-6H,(H,16,17). The Kier molecular flexibility index (Phi) is 3.69. The summed E-state index contributed by atoms with van der Waals surface area (Å²) in [6.45, 7) is 0. The number of ether oxygens (including phenoxy) is 1. The highest BCUT2D eigenvalue weighted by atomic mass is 35.5. The summed E-state index contributed by atoms with van der Waals surface area (Å²) in [4.78, 5) is 14.9. The zero-order valence-electron chi connectivity index (χ0n) is 8.93. The Morgan fingerprint density at radius 1 is 1.28 bits per heavy atom. The lowest BCUT2D eigenvalue weighted by Crippen LogP contribution is -2.00. The van der Waals surface area contributed by atoms with Crippen molar-refractivity contribution in [2.24, 2.45) is 0 Å². The molecular weight excluding hydrogens is 277 g/mol. The maximum absolute atomic E-state index is 11.0. The van der Waals surface area contributed by atoms with E-state index < -0.39 is 5.97 Å². The highest BCUT2D eigenvalue weighted by molar-refractivity contribution is 6.32. The first-order chi connectivity index (χ1) is 8.58. The zero-order chi connectivity index (χ0) is 13.1. The Bertz CT molecular complexity index is 602. The lowest BCUT2D eigenvalue weighted by Gasteiger charge is -2.09. The smallest absolute Gasteiger partial charge is 0.339 e. The highest BCUT2D eigenvalue weighted by Gasteiger charge is 2.14. The van der Waals surface area contributed by atoms with Crippen molar-refractivity contribution in [3.8, 4) is 11.6 Å².